The summed E-state index contributed by atoms with van der Waals surface area (Å²) < 4.78 is 1.72. The van der Waals surface area contributed by atoms with E-state index in [4.69, 9.17) is 0 Å². The maximum Gasteiger partial charge on any atom is 0.235 e. The van der Waals surface area contributed by atoms with Crippen molar-refractivity contribution >= 4 is 6.08 Å². The molecule has 5 nitrogen and oxygen atoms in total. The van der Waals surface area contributed by atoms with Crippen LogP contribution in [0.1, 0.15) is 31.2 Å². The van der Waals surface area contributed by atoms with Crippen LogP contribution in [0.3, 0.4) is 0 Å². The minimum absolute atomic E-state index is 0.440. The summed E-state index contributed by atoms with van der Waals surface area (Å²) in [6, 6.07) is 7.91. The first-order chi connectivity index (χ1) is 9.36. The van der Waals surface area contributed by atoms with Crippen LogP contribution in [0.5, 0.6) is 0 Å². The quantitative estimate of drug-likeness (QED) is 0.624. The number of hydrogen-bond donors (Lipinski definition) is 0. The molecule has 0 bridgehead atoms. The van der Waals surface area contributed by atoms with Gasteiger partial charge in [-0.05, 0) is 18.9 Å². The summed E-state index contributed by atoms with van der Waals surface area (Å²) in [5, 5.41) is 4.18. The van der Waals surface area contributed by atoms with E-state index < -0.39 is 5.54 Å². The van der Waals surface area contributed by atoms with Crippen molar-refractivity contribution in [3.63, 3.8) is 0 Å². The third-order valence-corrected chi connectivity index (χ3v) is 3.76. The van der Waals surface area contributed by atoms with Crippen molar-refractivity contribution in [2.45, 2.75) is 31.2 Å². The molecule has 0 amide bonds. The van der Waals surface area contributed by atoms with Gasteiger partial charge < -0.3 is 0 Å². The molecule has 0 radical (unpaired) electrons. The first-order valence-corrected chi connectivity index (χ1v) is 6.39. The molecule has 1 fully saturated rings. The number of rotatable bonds is 3. The van der Waals surface area contributed by atoms with Gasteiger partial charge >= 0.3 is 0 Å². The van der Waals surface area contributed by atoms with Crippen LogP contribution in [0.15, 0.2) is 41.9 Å². The maximum atomic E-state index is 10.8. The van der Waals surface area contributed by atoms with Crippen molar-refractivity contribution in [3.8, 4) is 5.69 Å². The van der Waals surface area contributed by atoms with Crippen LogP contribution in [-0.2, 0) is 10.3 Å². The van der Waals surface area contributed by atoms with Gasteiger partial charge in [0.05, 0.1) is 5.69 Å². The van der Waals surface area contributed by atoms with E-state index in [1.165, 1.54) is 6.33 Å². The molecule has 1 heterocycles. The first kappa shape index (κ1) is 11.8. The summed E-state index contributed by atoms with van der Waals surface area (Å²) in [6.45, 7) is 0. The zero-order valence-electron chi connectivity index (χ0n) is 10.5. The third kappa shape index (κ3) is 1.98. The molecule has 2 aromatic rings. The van der Waals surface area contributed by atoms with E-state index >= 15 is 0 Å². The minimum Gasteiger partial charge on any atom is -0.223 e. The average Bonchev–Trinajstić information content (AvgIpc) is 3.11. The molecule has 0 saturated heterocycles. The van der Waals surface area contributed by atoms with Crippen molar-refractivity contribution < 1.29 is 4.79 Å². The fraction of sp³-hybridized carbons (Fsp3) is 0.357. The summed E-state index contributed by atoms with van der Waals surface area (Å²) in [5.41, 5.74) is 1.52. The highest BCUT2D eigenvalue weighted by molar-refractivity contribution is 5.48. The van der Waals surface area contributed by atoms with Gasteiger partial charge in [-0.2, -0.15) is 10.1 Å². The number of nitrogens with zero attached hydrogens (tertiary/aromatic N) is 4. The molecule has 0 atom stereocenters. The monoisotopic (exact) mass is 254 g/mol. The third-order valence-electron chi connectivity index (χ3n) is 3.76. The summed E-state index contributed by atoms with van der Waals surface area (Å²) in [5.74, 6) is 0. The topological polar surface area (TPSA) is 60.1 Å². The van der Waals surface area contributed by atoms with Crippen molar-refractivity contribution in [3.05, 3.63) is 42.5 Å². The Bertz CT molecular complexity index is 608. The van der Waals surface area contributed by atoms with E-state index in [2.05, 4.69) is 15.1 Å². The van der Waals surface area contributed by atoms with Crippen LogP contribution in [0.2, 0.25) is 0 Å². The molecule has 5 heteroatoms. The van der Waals surface area contributed by atoms with E-state index in [9.17, 15) is 4.79 Å². The normalized spacial score (nSPS) is 17.1. The molecule has 0 spiro atoms. The lowest BCUT2D eigenvalue weighted by Gasteiger charge is -2.25. The Morgan fingerprint density at radius 3 is 2.74 bits per heavy atom. The second kappa shape index (κ2) is 4.78. The van der Waals surface area contributed by atoms with Gasteiger partial charge in [-0.25, -0.2) is 14.5 Å². The highest BCUT2D eigenvalue weighted by Gasteiger charge is 2.37. The van der Waals surface area contributed by atoms with Crippen LogP contribution in [0.25, 0.3) is 5.69 Å². The molecule has 0 N–H and O–H groups in total. The highest BCUT2D eigenvalue weighted by atomic mass is 16.1. The summed E-state index contributed by atoms with van der Waals surface area (Å²) >= 11 is 0. The summed E-state index contributed by atoms with van der Waals surface area (Å²) in [6.07, 6.45) is 8.84. The molecule has 0 aliphatic heterocycles. The fourth-order valence-electron chi connectivity index (χ4n) is 2.89. The Kier molecular flexibility index (Phi) is 2.97. The van der Waals surface area contributed by atoms with E-state index in [-0.39, 0.29) is 0 Å². The van der Waals surface area contributed by atoms with Gasteiger partial charge in [-0.15, -0.1) is 0 Å². The lowest BCUT2D eigenvalue weighted by atomic mass is 9.87. The molecule has 1 saturated carbocycles. The summed E-state index contributed by atoms with van der Waals surface area (Å²) in [4.78, 5) is 18.9. The number of isocyanates is 1. The Morgan fingerprint density at radius 1 is 1.26 bits per heavy atom. The summed E-state index contributed by atoms with van der Waals surface area (Å²) in [7, 11) is 0. The smallest absolute Gasteiger partial charge is 0.223 e. The van der Waals surface area contributed by atoms with E-state index in [0.717, 1.165) is 36.9 Å². The van der Waals surface area contributed by atoms with Crippen LogP contribution < -0.4 is 0 Å². The van der Waals surface area contributed by atoms with E-state index in [1.54, 1.807) is 17.1 Å². The Labute approximate surface area is 111 Å². The maximum absolute atomic E-state index is 10.8. The van der Waals surface area contributed by atoms with Crippen molar-refractivity contribution in [1.82, 2.24) is 14.8 Å². The minimum atomic E-state index is -0.440. The van der Waals surface area contributed by atoms with Gasteiger partial charge in [-0.3, -0.25) is 0 Å². The van der Waals surface area contributed by atoms with E-state index in [0.29, 0.717) is 0 Å². The molecular weight excluding hydrogens is 240 g/mol. The van der Waals surface area contributed by atoms with E-state index in [1.807, 2.05) is 24.3 Å². The lowest BCUT2D eigenvalue weighted by molar-refractivity contribution is 0.453. The molecule has 1 aromatic heterocycles. The van der Waals surface area contributed by atoms with Crippen LogP contribution >= 0.6 is 0 Å². The molecular formula is C14H14N4O. The average molecular weight is 254 g/mol. The van der Waals surface area contributed by atoms with Gasteiger partial charge in [0, 0.05) is 5.56 Å². The van der Waals surface area contributed by atoms with Crippen LogP contribution in [0.4, 0.5) is 0 Å². The fourth-order valence-corrected chi connectivity index (χ4v) is 2.89. The second-order valence-electron chi connectivity index (χ2n) is 4.80. The van der Waals surface area contributed by atoms with Crippen molar-refractivity contribution in [2.24, 2.45) is 4.99 Å². The highest BCUT2D eigenvalue weighted by Crippen LogP contribution is 2.44. The first-order valence-electron chi connectivity index (χ1n) is 6.39. The lowest BCUT2D eigenvalue weighted by Crippen LogP contribution is -2.21. The van der Waals surface area contributed by atoms with Gasteiger partial charge in [0.15, 0.2) is 0 Å². The number of carbonyl (C=O) groups excluding carboxylic acids is 1. The number of hydrogen-bond acceptors (Lipinski definition) is 4. The second-order valence-corrected chi connectivity index (χ2v) is 4.80. The molecule has 1 aromatic carbocycles. The number of para-hydroxylation sites is 1. The molecule has 1 aliphatic carbocycles. The molecule has 19 heavy (non-hydrogen) atoms. The van der Waals surface area contributed by atoms with Gasteiger partial charge in [0.1, 0.15) is 18.2 Å². The predicted octanol–water partition coefficient (Wildman–Crippen LogP) is 2.37. The predicted molar refractivity (Wildman–Crippen MR) is 69.6 cm³/mol. The molecule has 0 unspecified atom stereocenters. The van der Waals surface area contributed by atoms with Crippen molar-refractivity contribution in [2.75, 3.05) is 0 Å². The van der Waals surface area contributed by atoms with Gasteiger partial charge in [0.2, 0.25) is 6.08 Å². The SMILES string of the molecule is O=C=NC1(c2ccccc2-n2cncn2)CCCC1. The number of aliphatic imine (C=N–C) groups is 1. The van der Waals surface area contributed by atoms with Crippen LogP contribution in [-0.4, -0.2) is 20.8 Å². The zero-order valence-corrected chi connectivity index (χ0v) is 10.5. The zero-order chi connectivity index (χ0) is 13.1. The largest absolute Gasteiger partial charge is 0.235 e. The van der Waals surface area contributed by atoms with Crippen molar-refractivity contribution in [1.29, 1.82) is 0 Å². The van der Waals surface area contributed by atoms with Gasteiger partial charge in [-0.1, -0.05) is 31.0 Å². The molecule has 96 valence electrons. The number of benzene rings is 1. The van der Waals surface area contributed by atoms with Crippen LogP contribution in [0, 0.1) is 0 Å². The Hall–Kier alpha value is -2.26. The molecule has 1 aliphatic rings. The molecule has 3 rings (SSSR count). The standard InChI is InChI=1S/C14H14N4O/c19-11-16-14(7-3-4-8-14)12-5-1-2-6-13(12)18-10-15-9-17-18/h1-2,5-6,9-10H,3-4,7-8H2. The van der Waals surface area contributed by atoms with Gasteiger partial charge in [0.25, 0.3) is 0 Å². The Morgan fingerprint density at radius 2 is 2.05 bits per heavy atom. The Balaban J connectivity index is 2.17. The number of aromatic nitrogens is 3.